The van der Waals surface area contributed by atoms with Crippen LogP contribution in [-0.4, -0.2) is 26.9 Å². The van der Waals surface area contributed by atoms with Crippen molar-refractivity contribution in [3.05, 3.63) is 95.1 Å². The summed E-state index contributed by atoms with van der Waals surface area (Å²) in [5.74, 6) is -0.328. The number of nitrogens with zero attached hydrogens (tertiary/aromatic N) is 1. The Morgan fingerprint density at radius 3 is 2.18 bits per heavy atom. The van der Waals surface area contributed by atoms with E-state index < -0.39 is 10.0 Å². The van der Waals surface area contributed by atoms with E-state index in [1.54, 1.807) is 30.3 Å². The molecule has 0 aliphatic rings. The molecule has 0 aliphatic carbocycles. The summed E-state index contributed by atoms with van der Waals surface area (Å²) in [6.45, 7) is 7.38. The minimum Gasteiger partial charge on any atom is -0.352 e. The SMILES string of the molecule is Cc1ccc(S(=O)(=O)N(CC(=O)N[C@@H](C)CCc2ccccc2)c2ccc(C)cc2C)cc1. The van der Waals surface area contributed by atoms with E-state index in [2.05, 4.69) is 17.4 Å². The highest BCUT2D eigenvalue weighted by molar-refractivity contribution is 7.92. The smallest absolute Gasteiger partial charge is 0.264 e. The van der Waals surface area contributed by atoms with E-state index in [9.17, 15) is 13.2 Å². The van der Waals surface area contributed by atoms with Gasteiger partial charge in [0.1, 0.15) is 6.54 Å². The summed E-state index contributed by atoms with van der Waals surface area (Å²) in [5.41, 5.74) is 4.52. The number of aryl methyl sites for hydroxylation is 4. The minimum absolute atomic E-state index is 0.0826. The van der Waals surface area contributed by atoms with Gasteiger partial charge in [-0.2, -0.15) is 0 Å². The standard InChI is InChI=1S/C27H32N2O3S/c1-20-10-15-25(16-11-20)33(31,32)29(26-17-12-21(2)18-22(26)3)19-27(30)28-23(4)13-14-24-8-6-5-7-9-24/h5-12,15-18,23H,13-14,19H2,1-4H3,(H,28,30)/t23-/m0/s1. The molecular weight excluding hydrogens is 432 g/mol. The first-order valence-corrected chi connectivity index (χ1v) is 12.6. The maximum Gasteiger partial charge on any atom is 0.264 e. The Hall–Kier alpha value is -3.12. The number of carbonyl (C=O) groups is 1. The van der Waals surface area contributed by atoms with Gasteiger partial charge in [0.15, 0.2) is 0 Å². The Morgan fingerprint density at radius 2 is 1.55 bits per heavy atom. The largest absolute Gasteiger partial charge is 0.352 e. The topological polar surface area (TPSA) is 66.5 Å². The quantitative estimate of drug-likeness (QED) is 0.488. The van der Waals surface area contributed by atoms with Crippen molar-refractivity contribution < 1.29 is 13.2 Å². The first-order valence-electron chi connectivity index (χ1n) is 11.2. The van der Waals surface area contributed by atoms with Crippen molar-refractivity contribution in [1.82, 2.24) is 5.32 Å². The van der Waals surface area contributed by atoms with Crippen LogP contribution >= 0.6 is 0 Å². The second-order valence-corrected chi connectivity index (χ2v) is 10.5. The zero-order valence-corrected chi connectivity index (χ0v) is 20.5. The highest BCUT2D eigenvalue weighted by Gasteiger charge is 2.28. The van der Waals surface area contributed by atoms with Gasteiger partial charge in [-0.3, -0.25) is 9.10 Å². The first-order chi connectivity index (χ1) is 15.7. The number of hydrogen-bond acceptors (Lipinski definition) is 3. The third kappa shape index (κ3) is 6.45. The Kier molecular flexibility index (Phi) is 7.92. The molecule has 3 rings (SSSR count). The molecule has 0 saturated heterocycles. The first kappa shape index (κ1) is 24.5. The third-order valence-corrected chi connectivity index (χ3v) is 7.41. The van der Waals surface area contributed by atoms with Gasteiger partial charge in [-0.05, 0) is 69.9 Å². The van der Waals surface area contributed by atoms with Crippen LogP contribution < -0.4 is 9.62 Å². The second kappa shape index (κ2) is 10.7. The molecule has 0 unspecified atom stereocenters. The lowest BCUT2D eigenvalue weighted by Crippen LogP contribution is -2.44. The van der Waals surface area contributed by atoms with E-state index in [0.29, 0.717) is 5.69 Å². The van der Waals surface area contributed by atoms with Crippen LogP contribution in [0.15, 0.2) is 77.7 Å². The molecule has 0 aromatic heterocycles. The monoisotopic (exact) mass is 464 g/mol. The zero-order valence-electron chi connectivity index (χ0n) is 19.7. The Bertz CT molecular complexity index is 1190. The molecule has 0 radical (unpaired) electrons. The van der Waals surface area contributed by atoms with Gasteiger partial charge in [0, 0.05) is 6.04 Å². The number of hydrogen-bond donors (Lipinski definition) is 1. The summed E-state index contributed by atoms with van der Waals surface area (Å²) in [6.07, 6.45) is 1.61. The fourth-order valence-electron chi connectivity index (χ4n) is 3.77. The van der Waals surface area contributed by atoms with Crippen LogP contribution in [0.3, 0.4) is 0 Å². The molecule has 0 spiro atoms. The van der Waals surface area contributed by atoms with Crippen molar-refractivity contribution in [3.8, 4) is 0 Å². The average molecular weight is 465 g/mol. The van der Waals surface area contributed by atoms with Crippen molar-refractivity contribution in [2.24, 2.45) is 0 Å². The van der Waals surface area contributed by atoms with Crippen LogP contribution in [0.5, 0.6) is 0 Å². The van der Waals surface area contributed by atoms with Crippen molar-refractivity contribution in [2.45, 2.75) is 51.5 Å². The molecule has 0 heterocycles. The fraction of sp³-hybridized carbons (Fsp3) is 0.296. The van der Waals surface area contributed by atoms with E-state index in [-0.39, 0.29) is 23.4 Å². The van der Waals surface area contributed by atoms with Crippen LogP contribution in [0.4, 0.5) is 5.69 Å². The van der Waals surface area contributed by atoms with E-state index in [0.717, 1.165) is 29.5 Å². The van der Waals surface area contributed by atoms with Gasteiger partial charge in [-0.15, -0.1) is 0 Å². The Morgan fingerprint density at radius 1 is 0.909 bits per heavy atom. The Balaban J connectivity index is 1.80. The van der Waals surface area contributed by atoms with Crippen LogP contribution in [0.1, 0.15) is 35.6 Å². The molecule has 3 aromatic carbocycles. The van der Waals surface area contributed by atoms with E-state index in [1.165, 1.54) is 9.87 Å². The van der Waals surface area contributed by atoms with Crippen LogP contribution in [0.25, 0.3) is 0 Å². The molecule has 1 atom stereocenters. The fourth-order valence-corrected chi connectivity index (χ4v) is 5.26. The molecular formula is C27H32N2O3S. The zero-order chi connectivity index (χ0) is 24.0. The summed E-state index contributed by atoms with van der Waals surface area (Å²) >= 11 is 0. The highest BCUT2D eigenvalue weighted by atomic mass is 32.2. The lowest BCUT2D eigenvalue weighted by molar-refractivity contribution is -0.120. The van der Waals surface area contributed by atoms with Gasteiger partial charge in [0.2, 0.25) is 5.91 Å². The molecule has 5 nitrogen and oxygen atoms in total. The van der Waals surface area contributed by atoms with Gasteiger partial charge in [0.25, 0.3) is 10.0 Å². The number of carbonyl (C=O) groups excluding carboxylic acids is 1. The molecule has 0 aliphatic heterocycles. The molecule has 1 N–H and O–H groups in total. The summed E-state index contributed by atoms with van der Waals surface area (Å²) in [7, 11) is -3.92. The van der Waals surface area contributed by atoms with Crippen LogP contribution in [0.2, 0.25) is 0 Å². The van der Waals surface area contributed by atoms with Crippen LogP contribution in [0, 0.1) is 20.8 Å². The van der Waals surface area contributed by atoms with Gasteiger partial charge in [-0.25, -0.2) is 8.42 Å². The minimum atomic E-state index is -3.92. The molecule has 33 heavy (non-hydrogen) atoms. The molecule has 0 fully saturated rings. The van der Waals surface area contributed by atoms with Crippen molar-refractivity contribution in [2.75, 3.05) is 10.8 Å². The lowest BCUT2D eigenvalue weighted by atomic mass is 10.1. The average Bonchev–Trinajstić information content (AvgIpc) is 2.77. The van der Waals surface area contributed by atoms with Crippen molar-refractivity contribution >= 4 is 21.6 Å². The molecule has 0 saturated carbocycles. The number of rotatable bonds is 9. The van der Waals surface area contributed by atoms with Gasteiger partial charge in [0.05, 0.1) is 10.6 Å². The number of amides is 1. The van der Waals surface area contributed by atoms with Crippen molar-refractivity contribution in [1.29, 1.82) is 0 Å². The molecule has 0 bridgehead atoms. The maximum absolute atomic E-state index is 13.6. The number of anilines is 1. The molecule has 6 heteroatoms. The molecule has 1 amide bonds. The van der Waals surface area contributed by atoms with Gasteiger partial charge < -0.3 is 5.32 Å². The normalized spacial score (nSPS) is 12.2. The highest BCUT2D eigenvalue weighted by Crippen LogP contribution is 2.27. The Labute approximate surface area is 197 Å². The number of nitrogens with one attached hydrogen (secondary N) is 1. The predicted octanol–water partition coefficient (Wildman–Crippen LogP) is 4.94. The maximum atomic E-state index is 13.6. The summed E-state index contributed by atoms with van der Waals surface area (Å²) in [5, 5.41) is 2.97. The summed E-state index contributed by atoms with van der Waals surface area (Å²) in [4.78, 5) is 13.1. The number of benzene rings is 3. The predicted molar refractivity (Wildman–Crippen MR) is 134 cm³/mol. The summed E-state index contributed by atoms with van der Waals surface area (Å²) in [6, 6.07) is 22.3. The van der Waals surface area contributed by atoms with Crippen LogP contribution in [-0.2, 0) is 21.2 Å². The summed E-state index contributed by atoms with van der Waals surface area (Å²) < 4.78 is 28.3. The lowest BCUT2D eigenvalue weighted by Gasteiger charge is -2.26. The number of sulfonamides is 1. The van der Waals surface area contributed by atoms with Gasteiger partial charge >= 0.3 is 0 Å². The molecule has 3 aromatic rings. The van der Waals surface area contributed by atoms with Gasteiger partial charge in [-0.1, -0.05) is 65.7 Å². The van der Waals surface area contributed by atoms with Crippen molar-refractivity contribution in [3.63, 3.8) is 0 Å². The molecule has 174 valence electrons. The second-order valence-electron chi connectivity index (χ2n) is 8.61. The third-order valence-electron chi connectivity index (χ3n) is 5.63. The van der Waals surface area contributed by atoms with E-state index in [4.69, 9.17) is 0 Å². The van der Waals surface area contributed by atoms with E-state index >= 15 is 0 Å². The van der Waals surface area contributed by atoms with E-state index in [1.807, 2.05) is 58.0 Å².